The monoisotopic (exact) mass is 248 g/mol. The van der Waals surface area contributed by atoms with Crippen LogP contribution in [0.1, 0.15) is 5.56 Å². The number of benzene rings is 1. The Kier molecular flexibility index (Phi) is 4.03. The van der Waals surface area contributed by atoms with Crippen molar-refractivity contribution in [1.82, 2.24) is 4.90 Å². The molecule has 88 valence electrons. The Morgan fingerprint density at radius 1 is 1.29 bits per heavy atom. The van der Waals surface area contributed by atoms with Crippen LogP contribution in [0.3, 0.4) is 0 Å². The summed E-state index contributed by atoms with van der Waals surface area (Å²) in [6, 6.07) is 9.52. The molecule has 1 fully saturated rings. The summed E-state index contributed by atoms with van der Waals surface area (Å²) in [5.74, 6) is 0. The molecule has 1 heterocycles. The van der Waals surface area contributed by atoms with Crippen LogP contribution in [0.25, 0.3) is 5.57 Å². The first-order chi connectivity index (χ1) is 8.29. The minimum absolute atomic E-state index is 0.656. The Morgan fingerprint density at radius 3 is 2.53 bits per heavy atom. The molecule has 0 bridgehead atoms. The van der Waals surface area contributed by atoms with Gasteiger partial charge in [0.15, 0.2) is 0 Å². The lowest BCUT2D eigenvalue weighted by atomic mass is 10.1. The third-order valence-electron chi connectivity index (χ3n) is 2.63. The molecule has 0 aliphatic carbocycles. The second-order valence-electron chi connectivity index (χ2n) is 3.81. The molecule has 1 aliphatic heterocycles. The van der Waals surface area contributed by atoms with E-state index in [0.717, 1.165) is 31.9 Å². The molecular formula is C13H13ClN2O. The standard InChI is InChI=1S/C13H13ClN2O/c14-13-3-1-11(2-4-13)12(9-15)10-16-5-7-17-8-6-16/h1-4,10H,5-8H2/b12-10+. The number of nitrogens with zero attached hydrogens (tertiary/aromatic N) is 2. The average molecular weight is 249 g/mol. The molecule has 0 atom stereocenters. The SMILES string of the molecule is N#C/C(=C\N1CCOCC1)c1ccc(Cl)cc1. The number of hydrogen-bond donors (Lipinski definition) is 0. The maximum atomic E-state index is 9.17. The van der Waals surface area contributed by atoms with E-state index >= 15 is 0 Å². The topological polar surface area (TPSA) is 36.3 Å². The van der Waals surface area contributed by atoms with E-state index in [-0.39, 0.29) is 0 Å². The summed E-state index contributed by atoms with van der Waals surface area (Å²) in [6.07, 6.45) is 1.89. The Balaban J connectivity index is 2.18. The van der Waals surface area contributed by atoms with Crippen LogP contribution in [0.15, 0.2) is 30.5 Å². The van der Waals surface area contributed by atoms with E-state index < -0.39 is 0 Å². The number of rotatable bonds is 2. The van der Waals surface area contributed by atoms with Crippen LogP contribution in [-0.2, 0) is 4.74 Å². The maximum Gasteiger partial charge on any atom is 0.101 e. The Bertz CT molecular complexity index is 441. The molecule has 17 heavy (non-hydrogen) atoms. The molecular weight excluding hydrogens is 236 g/mol. The lowest BCUT2D eigenvalue weighted by molar-refractivity contribution is 0.0596. The Labute approximate surface area is 106 Å². The molecule has 0 unspecified atom stereocenters. The largest absolute Gasteiger partial charge is 0.378 e. The summed E-state index contributed by atoms with van der Waals surface area (Å²) in [5, 5.41) is 9.85. The summed E-state index contributed by atoms with van der Waals surface area (Å²) in [5.41, 5.74) is 1.55. The Hall–Kier alpha value is -1.50. The summed E-state index contributed by atoms with van der Waals surface area (Å²) in [7, 11) is 0. The zero-order valence-corrected chi connectivity index (χ0v) is 10.2. The normalized spacial score (nSPS) is 16.7. The first-order valence-corrected chi connectivity index (χ1v) is 5.87. The summed E-state index contributed by atoms with van der Waals surface area (Å²) in [4.78, 5) is 2.11. The van der Waals surface area contributed by atoms with Crippen LogP contribution in [0.4, 0.5) is 0 Å². The van der Waals surface area contributed by atoms with Crippen molar-refractivity contribution >= 4 is 17.2 Å². The van der Waals surface area contributed by atoms with Gasteiger partial charge < -0.3 is 9.64 Å². The molecule has 2 rings (SSSR count). The van der Waals surface area contributed by atoms with E-state index in [1.54, 1.807) is 12.1 Å². The van der Waals surface area contributed by atoms with Crippen molar-refractivity contribution in [2.45, 2.75) is 0 Å². The van der Waals surface area contributed by atoms with Crippen LogP contribution < -0.4 is 0 Å². The van der Waals surface area contributed by atoms with E-state index in [4.69, 9.17) is 16.3 Å². The van der Waals surface area contributed by atoms with E-state index in [1.807, 2.05) is 18.3 Å². The number of halogens is 1. The molecule has 1 aromatic carbocycles. The lowest BCUT2D eigenvalue weighted by Gasteiger charge is -2.25. The van der Waals surface area contributed by atoms with Gasteiger partial charge in [-0.15, -0.1) is 0 Å². The zero-order valence-electron chi connectivity index (χ0n) is 9.40. The van der Waals surface area contributed by atoms with E-state index in [9.17, 15) is 5.26 Å². The zero-order chi connectivity index (χ0) is 12.1. The molecule has 0 spiro atoms. The highest BCUT2D eigenvalue weighted by molar-refractivity contribution is 6.30. The van der Waals surface area contributed by atoms with Gasteiger partial charge >= 0.3 is 0 Å². The van der Waals surface area contributed by atoms with Gasteiger partial charge in [0.05, 0.1) is 18.8 Å². The van der Waals surface area contributed by atoms with Crippen LogP contribution in [0, 0.1) is 11.3 Å². The summed E-state index contributed by atoms with van der Waals surface area (Å²) < 4.78 is 5.27. The van der Waals surface area contributed by atoms with Crippen molar-refractivity contribution in [3.8, 4) is 6.07 Å². The number of morpholine rings is 1. The quantitative estimate of drug-likeness (QED) is 0.755. The van der Waals surface area contributed by atoms with Gasteiger partial charge in [-0.1, -0.05) is 23.7 Å². The van der Waals surface area contributed by atoms with Gasteiger partial charge in [-0.25, -0.2) is 0 Å². The maximum absolute atomic E-state index is 9.17. The molecule has 0 amide bonds. The molecule has 3 nitrogen and oxygen atoms in total. The third-order valence-corrected chi connectivity index (χ3v) is 2.89. The van der Waals surface area contributed by atoms with Crippen molar-refractivity contribution in [2.24, 2.45) is 0 Å². The first-order valence-electron chi connectivity index (χ1n) is 5.49. The van der Waals surface area contributed by atoms with Crippen molar-refractivity contribution in [3.05, 3.63) is 41.1 Å². The number of hydrogen-bond acceptors (Lipinski definition) is 3. The number of nitriles is 1. The molecule has 0 radical (unpaired) electrons. The Morgan fingerprint density at radius 2 is 1.94 bits per heavy atom. The second-order valence-corrected chi connectivity index (χ2v) is 4.25. The minimum atomic E-state index is 0.656. The fourth-order valence-corrected chi connectivity index (χ4v) is 1.81. The minimum Gasteiger partial charge on any atom is -0.378 e. The van der Waals surface area contributed by atoms with Crippen molar-refractivity contribution in [2.75, 3.05) is 26.3 Å². The number of ether oxygens (including phenoxy) is 1. The third kappa shape index (κ3) is 3.23. The highest BCUT2D eigenvalue weighted by Gasteiger charge is 2.08. The van der Waals surface area contributed by atoms with Crippen molar-refractivity contribution in [1.29, 1.82) is 5.26 Å². The molecule has 0 saturated carbocycles. The fraction of sp³-hybridized carbons (Fsp3) is 0.308. The van der Waals surface area contributed by atoms with Crippen molar-refractivity contribution in [3.63, 3.8) is 0 Å². The van der Waals surface area contributed by atoms with Gasteiger partial charge in [-0.3, -0.25) is 0 Å². The van der Waals surface area contributed by atoms with Gasteiger partial charge in [0.2, 0.25) is 0 Å². The smallest absolute Gasteiger partial charge is 0.101 e. The molecule has 4 heteroatoms. The average Bonchev–Trinajstić information content (AvgIpc) is 2.38. The molecule has 1 aliphatic rings. The van der Waals surface area contributed by atoms with Crippen LogP contribution in [0.5, 0.6) is 0 Å². The van der Waals surface area contributed by atoms with Gasteiger partial charge in [0.1, 0.15) is 6.07 Å². The van der Waals surface area contributed by atoms with Crippen LogP contribution >= 0.6 is 11.6 Å². The second kappa shape index (κ2) is 5.72. The van der Waals surface area contributed by atoms with E-state index in [1.165, 1.54) is 0 Å². The summed E-state index contributed by atoms with van der Waals surface area (Å²) >= 11 is 5.82. The molecule has 0 N–H and O–H groups in total. The predicted octanol–water partition coefficient (Wildman–Crippen LogP) is 2.54. The van der Waals surface area contributed by atoms with Gasteiger partial charge in [0.25, 0.3) is 0 Å². The van der Waals surface area contributed by atoms with Gasteiger partial charge in [-0.05, 0) is 17.7 Å². The summed E-state index contributed by atoms with van der Waals surface area (Å²) in [6.45, 7) is 3.10. The van der Waals surface area contributed by atoms with Crippen LogP contribution in [0.2, 0.25) is 5.02 Å². The highest BCUT2D eigenvalue weighted by Crippen LogP contribution is 2.18. The molecule has 1 aromatic rings. The van der Waals surface area contributed by atoms with E-state index in [0.29, 0.717) is 10.6 Å². The molecule has 0 aromatic heterocycles. The van der Waals surface area contributed by atoms with Gasteiger partial charge in [0, 0.05) is 24.3 Å². The van der Waals surface area contributed by atoms with Crippen LogP contribution in [-0.4, -0.2) is 31.2 Å². The molecule has 1 saturated heterocycles. The highest BCUT2D eigenvalue weighted by atomic mass is 35.5. The van der Waals surface area contributed by atoms with E-state index in [2.05, 4.69) is 11.0 Å². The van der Waals surface area contributed by atoms with Gasteiger partial charge in [-0.2, -0.15) is 5.26 Å². The van der Waals surface area contributed by atoms with Crippen molar-refractivity contribution < 1.29 is 4.74 Å². The fourth-order valence-electron chi connectivity index (χ4n) is 1.69. The number of allylic oxidation sites excluding steroid dienone is 1. The lowest BCUT2D eigenvalue weighted by Crippen LogP contribution is -2.32. The first kappa shape index (κ1) is 12.0. The predicted molar refractivity (Wildman–Crippen MR) is 67.4 cm³/mol.